The van der Waals surface area contributed by atoms with Crippen LogP contribution in [0, 0.1) is 0 Å². The summed E-state index contributed by atoms with van der Waals surface area (Å²) in [6, 6.07) is 0. The zero-order valence-corrected chi connectivity index (χ0v) is 10.3. The normalized spacial score (nSPS) is 20.7. The third kappa shape index (κ3) is 6.09. The second kappa shape index (κ2) is 5.79. The van der Waals surface area contributed by atoms with E-state index in [1.165, 1.54) is 0 Å². The molecule has 0 atom stereocenters. The Labute approximate surface area is 92.1 Å². The van der Waals surface area contributed by atoms with Gasteiger partial charge in [0.05, 0.1) is 12.9 Å². The van der Waals surface area contributed by atoms with Crippen molar-refractivity contribution in [1.29, 1.82) is 0 Å². The van der Waals surface area contributed by atoms with Crippen molar-refractivity contribution in [3.05, 3.63) is 0 Å². The van der Waals surface area contributed by atoms with Crippen molar-refractivity contribution in [2.45, 2.75) is 6.42 Å². The lowest BCUT2D eigenvalue weighted by atomic mass is 10.3. The van der Waals surface area contributed by atoms with Crippen molar-refractivity contribution in [3.8, 4) is 0 Å². The molecule has 0 unspecified atom stereocenters. The smallest absolute Gasteiger partial charge is 0.264 e. The zero-order valence-electron chi connectivity index (χ0n) is 9.48. The lowest BCUT2D eigenvalue weighted by molar-refractivity contribution is 0.146. The van der Waals surface area contributed by atoms with E-state index in [0.29, 0.717) is 6.61 Å². The number of nitrogens with zero attached hydrogens (tertiary/aromatic N) is 2. The summed E-state index contributed by atoms with van der Waals surface area (Å²) in [7, 11) is -1.15. The highest BCUT2D eigenvalue weighted by atomic mass is 32.2. The van der Waals surface area contributed by atoms with Crippen LogP contribution in [0.5, 0.6) is 0 Å². The highest BCUT2D eigenvalue weighted by Gasteiger charge is 2.13. The second-order valence-corrected chi connectivity index (χ2v) is 5.67. The van der Waals surface area contributed by atoms with Crippen LogP contribution in [0.25, 0.3) is 0 Å². The SMILES string of the molecule is CN1CCN(CCCOS(C)(=O)=O)CC1. The van der Waals surface area contributed by atoms with E-state index in [9.17, 15) is 8.42 Å². The predicted octanol–water partition coefficient (Wildman–Crippen LogP) is -0.400. The topological polar surface area (TPSA) is 49.9 Å². The number of hydrogen-bond acceptors (Lipinski definition) is 5. The summed E-state index contributed by atoms with van der Waals surface area (Å²) in [5.41, 5.74) is 0. The van der Waals surface area contributed by atoms with E-state index < -0.39 is 10.1 Å². The summed E-state index contributed by atoms with van der Waals surface area (Å²) in [4.78, 5) is 4.63. The molecule has 0 aromatic rings. The molecule has 0 spiro atoms. The fraction of sp³-hybridized carbons (Fsp3) is 1.00. The minimum Gasteiger partial charge on any atom is -0.304 e. The first kappa shape index (κ1) is 12.9. The molecule has 5 nitrogen and oxygen atoms in total. The van der Waals surface area contributed by atoms with Gasteiger partial charge in [0.2, 0.25) is 0 Å². The monoisotopic (exact) mass is 236 g/mol. The molecular formula is C9H20N2O3S. The number of piperazine rings is 1. The van der Waals surface area contributed by atoms with Gasteiger partial charge in [-0.3, -0.25) is 4.18 Å². The molecule has 90 valence electrons. The van der Waals surface area contributed by atoms with Gasteiger partial charge in [0.1, 0.15) is 0 Å². The first-order valence-electron chi connectivity index (χ1n) is 5.23. The van der Waals surface area contributed by atoms with Crippen molar-refractivity contribution >= 4 is 10.1 Å². The van der Waals surface area contributed by atoms with Gasteiger partial charge in [0.25, 0.3) is 10.1 Å². The quantitative estimate of drug-likeness (QED) is 0.480. The van der Waals surface area contributed by atoms with Gasteiger partial charge in [-0.25, -0.2) is 0 Å². The van der Waals surface area contributed by atoms with E-state index in [1.807, 2.05) is 0 Å². The van der Waals surface area contributed by atoms with Crippen molar-refractivity contribution in [2.75, 3.05) is 52.6 Å². The fourth-order valence-electron chi connectivity index (χ4n) is 1.57. The van der Waals surface area contributed by atoms with E-state index in [1.54, 1.807) is 0 Å². The van der Waals surface area contributed by atoms with Gasteiger partial charge in [-0.1, -0.05) is 0 Å². The predicted molar refractivity (Wildman–Crippen MR) is 59.3 cm³/mol. The Kier molecular flexibility index (Phi) is 4.98. The van der Waals surface area contributed by atoms with E-state index in [-0.39, 0.29) is 0 Å². The maximum atomic E-state index is 10.7. The standard InChI is InChI=1S/C9H20N2O3S/c1-10-5-7-11(8-6-10)4-3-9-14-15(2,12)13/h3-9H2,1-2H3. The molecule has 1 rings (SSSR count). The summed E-state index contributed by atoms with van der Waals surface area (Å²) in [6.45, 7) is 5.53. The molecule has 0 bridgehead atoms. The molecule has 0 aromatic carbocycles. The van der Waals surface area contributed by atoms with Crippen LogP contribution in [-0.4, -0.2) is 70.9 Å². The molecule has 0 amide bonds. The molecule has 0 aromatic heterocycles. The van der Waals surface area contributed by atoms with Crippen molar-refractivity contribution in [3.63, 3.8) is 0 Å². The first-order chi connectivity index (χ1) is 6.97. The lowest BCUT2D eigenvalue weighted by Crippen LogP contribution is -2.44. The van der Waals surface area contributed by atoms with Crippen molar-refractivity contribution in [1.82, 2.24) is 9.80 Å². The maximum Gasteiger partial charge on any atom is 0.264 e. The number of hydrogen-bond donors (Lipinski definition) is 0. The van der Waals surface area contributed by atoms with E-state index in [4.69, 9.17) is 0 Å². The number of rotatable bonds is 5. The van der Waals surface area contributed by atoms with Gasteiger partial charge >= 0.3 is 0 Å². The zero-order chi connectivity index (χ0) is 11.3. The molecular weight excluding hydrogens is 216 g/mol. The molecule has 0 radical (unpaired) electrons. The van der Waals surface area contributed by atoms with Crippen molar-refractivity contribution < 1.29 is 12.6 Å². The third-order valence-corrected chi connectivity index (χ3v) is 3.11. The van der Waals surface area contributed by atoms with Gasteiger partial charge in [-0.05, 0) is 13.5 Å². The average molecular weight is 236 g/mol. The molecule has 0 aliphatic carbocycles. The van der Waals surface area contributed by atoms with Gasteiger partial charge in [0, 0.05) is 32.7 Å². The van der Waals surface area contributed by atoms with Crippen LogP contribution >= 0.6 is 0 Å². The lowest BCUT2D eigenvalue weighted by Gasteiger charge is -2.32. The van der Waals surface area contributed by atoms with Gasteiger partial charge in [0.15, 0.2) is 0 Å². The first-order valence-corrected chi connectivity index (χ1v) is 7.04. The summed E-state index contributed by atoms with van der Waals surface area (Å²) < 4.78 is 26.0. The summed E-state index contributed by atoms with van der Waals surface area (Å²) >= 11 is 0. The molecule has 1 fully saturated rings. The van der Waals surface area contributed by atoms with Gasteiger partial charge < -0.3 is 9.80 Å². The van der Waals surface area contributed by atoms with Crippen LogP contribution in [0.3, 0.4) is 0 Å². The van der Waals surface area contributed by atoms with Crippen LogP contribution < -0.4 is 0 Å². The maximum absolute atomic E-state index is 10.7. The largest absolute Gasteiger partial charge is 0.304 e. The Morgan fingerprint density at radius 3 is 2.33 bits per heavy atom. The van der Waals surface area contributed by atoms with E-state index in [2.05, 4.69) is 21.0 Å². The van der Waals surface area contributed by atoms with Crippen LogP contribution in [0.1, 0.15) is 6.42 Å². The summed E-state index contributed by atoms with van der Waals surface area (Å²) in [5, 5.41) is 0. The summed E-state index contributed by atoms with van der Waals surface area (Å²) in [5.74, 6) is 0. The van der Waals surface area contributed by atoms with Gasteiger partial charge in [-0.2, -0.15) is 8.42 Å². The Morgan fingerprint density at radius 2 is 1.80 bits per heavy atom. The Hall–Kier alpha value is -0.170. The van der Waals surface area contributed by atoms with Crippen LogP contribution in [-0.2, 0) is 14.3 Å². The molecule has 1 aliphatic heterocycles. The molecule has 1 aliphatic rings. The van der Waals surface area contributed by atoms with E-state index in [0.717, 1.165) is 45.4 Å². The molecule has 1 saturated heterocycles. The molecule has 1 heterocycles. The molecule has 15 heavy (non-hydrogen) atoms. The van der Waals surface area contributed by atoms with Gasteiger partial charge in [-0.15, -0.1) is 0 Å². The summed E-state index contributed by atoms with van der Waals surface area (Å²) in [6.07, 6.45) is 1.86. The minimum atomic E-state index is -3.26. The third-order valence-electron chi connectivity index (χ3n) is 2.51. The van der Waals surface area contributed by atoms with Crippen LogP contribution in [0.2, 0.25) is 0 Å². The Bertz CT molecular complexity index is 271. The fourth-order valence-corrected chi connectivity index (χ4v) is 1.99. The van der Waals surface area contributed by atoms with Crippen LogP contribution in [0.15, 0.2) is 0 Å². The highest BCUT2D eigenvalue weighted by Crippen LogP contribution is 2.00. The molecule has 0 saturated carbocycles. The Balaban J connectivity index is 2.06. The average Bonchev–Trinajstić information content (AvgIpc) is 2.14. The van der Waals surface area contributed by atoms with E-state index >= 15 is 0 Å². The van der Waals surface area contributed by atoms with Crippen LogP contribution in [0.4, 0.5) is 0 Å². The second-order valence-electron chi connectivity index (χ2n) is 4.02. The van der Waals surface area contributed by atoms with Crippen molar-refractivity contribution in [2.24, 2.45) is 0 Å². The minimum absolute atomic E-state index is 0.297. The number of likely N-dealkylation sites (N-methyl/N-ethyl adjacent to an activating group) is 1. The molecule has 6 heteroatoms. The Morgan fingerprint density at radius 1 is 1.20 bits per heavy atom. The molecule has 0 N–H and O–H groups in total. The highest BCUT2D eigenvalue weighted by molar-refractivity contribution is 7.85.